The van der Waals surface area contributed by atoms with Crippen LogP contribution in [-0.4, -0.2) is 49.3 Å². The first-order valence-corrected chi connectivity index (χ1v) is 30.4. The van der Waals surface area contributed by atoms with Crippen LogP contribution in [-0.2, 0) is 32.7 Å². The Hall–Kier alpha value is -3.33. The molecule has 0 bridgehead atoms. The molecule has 0 radical (unpaired) electrons. The van der Waals surface area contributed by atoms with Crippen LogP contribution in [0.25, 0.3) is 0 Å². The van der Waals surface area contributed by atoms with Gasteiger partial charge in [-0.15, -0.1) is 0 Å². The molecule has 2 unspecified atom stereocenters. The molecular weight excluding hydrogens is 918 g/mol. The minimum atomic E-state index is -4.39. The van der Waals surface area contributed by atoms with E-state index in [0.29, 0.717) is 12.8 Å². The van der Waals surface area contributed by atoms with Gasteiger partial charge in [-0.25, -0.2) is 4.57 Å². The summed E-state index contributed by atoms with van der Waals surface area (Å²) in [5, 5.41) is 0. The maximum atomic E-state index is 12.7. The number of hydrogen-bond donors (Lipinski definition) is 2. The molecule has 0 aliphatic heterocycles. The van der Waals surface area contributed by atoms with Crippen molar-refractivity contribution in [2.24, 2.45) is 5.73 Å². The molecule has 0 fully saturated rings. The van der Waals surface area contributed by atoms with Crippen molar-refractivity contribution in [3.8, 4) is 0 Å². The van der Waals surface area contributed by atoms with Crippen LogP contribution in [0.2, 0.25) is 0 Å². The lowest BCUT2D eigenvalue weighted by atomic mass is 10.0. The Balaban J connectivity index is 3.96. The van der Waals surface area contributed by atoms with Gasteiger partial charge in [-0.2, -0.15) is 0 Å². The summed E-state index contributed by atoms with van der Waals surface area (Å²) in [5.74, 6) is -0.847. The van der Waals surface area contributed by atoms with E-state index in [9.17, 15) is 19.0 Å². The Morgan fingerprint density at radius 1 is 0.431 bits per heavy atom. The number of esters is 2. The smallest absolute Gasteiger partial charge is 0.462 e. The first kappa shape index (κ1) is 68.7. The van der Waals surface area contributed by atoms with Gasteiger partial charge < -0.3 is 20.1 Å². The number of hydrogen-bond acceptors (Lipinski definition) is 8. The average molecular weight is 1020 g/mol. The van der Waals surface area contributed by atoms with E-state index in [0.717, 1.165) is 103 Å². The molecule has 9 nitrogen and oxygen atoms in total. The van der Waals surface area contributed by atoms with Gasteiger partial charge in [-0.05, 0) is 103 Å². The Labute approximate surface area is 441 Å². The van der Waals surface area contributed by atoms with E-state index in [1.165, 1.54) is 96.3 Å². The Kier molecular flexibility index (Phi) is 54.3. The second-order valence-electron chi connectivity index (χ2n) is 18.8. The van der Waals surface area contributed by atoms with Gasteiger partial charge in [0.15, 0.2) is 6.10 Å². The van der Waals surface area contributed by atoms with Gasteiger partial charge in [-0.3, -0.25) is 18.6 Å². The van der Waals surface area contributed by atoms with Crippen LogP contribution in [0.5, 0.6) is 0 Å². The molecule has 3 N–H and O–H groups in total. The maximum absolute atomic E-state index is 12.7. The summed E-state index contributed by atoms with van der Waals surface area (Å²) in [6.45, 7) is 3.59. The standard InChI is InChI=1S/C62H106NO8P/c1-3-5-7-9-11-13-15-17-19-21-22-23-24-25-26-27-28-29-30-31-32-33-34-35-36-37-38-39-41-43-45-47-49-51-53-55-62(65)71-60(59-70-72(66,67)69-57-56-63)58-68-61(64)54-52-50-48-46-44-42-40-20-18-16-14-12-10-8-6-4-2/h5,7,11,13-14,16-17,19-20,22-23,25-26,28-29,31-32,40,60H,3-4,6,8-10,12,15,18,21,24,27,30,33-39,41-59,63H2,1-2H3,(H,66,67)/b7-5-,13-11-,16-14-,19-17-,23-22-,26-25-,29-28-,32-31-,40-20-. The molecule has 0 aliphatic carbocycles. The van der Waals surface area contributed by atoms with Crippen LogP contribution >= 0.6 is 7.82 Å². The van der Waals surface area contributed by atoms with Gasteiger partial charge in [-0.1, -0.05) is 232 Å². The van der Waals surface area contributed by atoms with Gasteiger partial charge in [0.2, 0.25) is 0 Å². The summed E-state index contributed by atoms with van der Waals surface area (Å²) in [7, 11) is -4.39. The molecular formula is C62H106NO8P. The molecule has 0 aliphatic rings. The molecule has 0 saturated heterocycles. The molecule has 2 atom stereocenters. The first-order valence-electron chi connectivity index (χ1n) is 28.9. The molecule has 0 aromatic rings. The first-order chi connectivity index (χ1) is 35.3. The fourth-order valence-corrected chi connectivity index (χ4v) is 8.41. The topological polar surface area (TPSA) is 134 Å². The van der Waals surface area contributed by atoms with Crippen LogP contribution in [0.15, 0.2) is 109 Å². The fourth-order valence-electron chi connectivity index (χ4n) is 7.65. The van der Waals surface area contributed by atoms with Gasteiger partial charge >= 0.3 is 19.8 Å². The van der Waals surface area contributed by atoms with Crippen LogP contribution < -0.4 is 5.73 Å². The van der Waals surface area contributed by atoms with E-state index in [-0.39, 0.29) is 32.6 Å². The second kappa shape index (κ2) is 57.0. The number of carbonyl (C=O) groups is 2. The Morgan fingerprint density at radius 3 is 1.14 bits per heavy atom. The zero-order valence-corrected chi connectivity index (χ0v) is 46.8. The number of nitrogens with two attached hydrogens (primary N) is 1. The predicted octanol–water partition coefficient (Wildman–Crippen LogP) is 18.2. The second-order valence-corrected chi connectivity index (χ2v) is 20.2. The fraction of sp³-hybridized carbons (Fsp3) is 0.677. The van der Waals surface area contributed by atoms with E-state index in [1.807, 2.05) is 0 Å². The average Bonchev–Trinajstić information content (AvgIpc) is 3.37. The number of unbranched alkanes of at least 4 members (excludes halogenated alkanes) is 22. The van der Waals surface area contributed by atoms with Crippen molar-refractivity contribution in [1.29, 1.82) is 0 Å². The van der Waals surface area contributed by atoms with Crippen LogP contribution in [0.3, 0.4) is 0 Å². The monoisotopic (exact) mass is 1020 g/mol. The van der Waals surface area contributed by atoms with Gasteiger partial charge in [0.05, 0.1) is 13.2 Å². The number of phosphoric ester groups is 1. The van der Waals surface area contributed by atoms with Crippen molar-refractivity contribution in [3.05, 3.63) is 109 Å². The lowest BCUT2D eigenvalue weighted by molar-refractivity contribution is -0.161. The lowest BCUT2D eigenvalue weighted by Crippen LogP contribution is -2.29. The summed E-state index contributed by atoms with van der Waals surface area (Å²) in [5.41, 5.74) is 5.37. The van der Waals surface area contributed by atoms with E-state index >= 15 is 0 Å². The molecule has 0 aromatic carbocycles. The van der Waals surface area contributed by atoms with Crippen molar-refractivity contribution < 1.29 is 37.6 Å². The zero-order chi connectivity index (χ0) is 52.4. The molecule has 72 heavy (non-hydrogen) atoms. The number of allylic oxidation sites excluding steroid dienone is 18. The third-order valence-corrected chi connectivity index (χ3v) is 12.9. The third-order valence-electron chi connectivity index (χ3n) is 11.9. The highest BCUT2D eigenvalue weighted by Gasteiger charge is 2.26. The molecule has 412 valence electrons. The molecule has 10 heteroatoms. The Morgan fingerprint density at radius 2 is 0.764 bits per heavy atom. The summed E-state index contributed by atoms with van der Waals surface area (Å²) in [6.07, 6.45) is 77.1. The number of ether oxygens (including phenoxy) is 2. The highest BCUT2D eigenvalue weighted by Crippen LogP contribution is 2.43. The molecule has 0 saturated carbocycles. The van der Waals surface area contributed by atoms with Crippen molar-refractivity contribution in [1.82, 2.24) is 0 Å². The van der Waals surface area contributed by atoms with E-state index < -0.39 is 32.5 Å². The highest BCUT2D eigenvalue weighted by atomic mass is 31.2. The van der Waals surface area contributed by atoms with E-state index in [2.05, 4.69) is 123 Å². The molecule has 0 rings (SSSR count). The van der Waals surface area contributed by atoms with Crippen molar-refractivity contribution >= 4 is 19.8 Å². The van der Waals surface area contributed by atoms with E-state index in [1.54, 1.807) is 0 Å². The molecule has 0 aromatic heterocycles. The van der Waals surface area contributed by atoms with Gasteiger partial charge in [0.25, 0.3) is 0 Å². The van der Waals surface area contributed by atoms with Crippen molar-refractivity contribution in [3.63, 3.8) is 0 Å². The van der Waals surface area contributed by atoms with Crippen molar-refractivity contribution in [2.45, 2.75) is 245 Å². The molecule has 0 heterocycles. The molecule has 0 amide bonds. The van der Waals surface area contributed by atoms with Crippen LogP contribution in [0.1, 0.15) is 239 Å². The van der Waals surface area contributed by atoms with Crippen LogP contribution in [0, 0.1) is 0 Å². The predicted molar refractivity (Wildman–Crippen MR) is 307 cm³/mol. The minimum absolute atomic E-state index is 0.0470. The van der Waals surface area contributed by atoms with Gasteiger partial charge in [0.1, 0.15) is 6.61 Å². The zero-order valence-electron chi connectivity index (χ0n) is 45.9. The highest BCUT2D eigenvalue weighted by molar-refractivity contribution is 7.47. The maximum Gasteiger partial charge on any atom is 0.472 e. The summed E-state index contributed by atoms with van der Waals surface area (Å²) < 4.78 is 33.0. The third kappa shape index (κ3) is 56.0. The molecule has 0 spiro atoms. The largest absolute Gasteiger partial charge is 0.472 e. The Bertz CT molecular complexity index is 1540. The SMILES string of the molecule is CC/C=C\C/C=C\C/C=C\C/C=C\C/C=C\C/C=C\C/C=C\CCCCCCCCCCCCCCCC(=O)OC(COC(=O)CCCCCCC/C=C\C/C=C\CCCCCC)COP(=O)(O)OCCN. The summed E-state index contributed by atoms with van der Waals surface area (Å²) in [6, 6.07) is 0. The van der Waals surface area contributed by atoms with E-state index in [4.69, 9.17) is 24.3 Å². The number of carbonyl (C=O) groups excluding carboxylic acids is 2. The van der Waals surface area contributed by atoms with Crippen molar-refractivity contribution in [2.75, 3.05) is 26.4 Å². The quantitative estimate of drug-likeness (QED) is 0.0264. The number of rotatable bonds is 53. The summed E-state index contributed by atoms with van der Waals surface area (Å²) in [4.78, 5) is 35.1. The number of phosphoric acid groups is 1. The normalized spacial score (nSPS) is 13.9. The van der Waals surface area contributed by atoms with Gasteiger partial charge in [0, 0.05) is 19.4 Å². The van der Waals surface area contributed by atoms with Crippen LogP contribution in [0.4, 0.5) is 0 Å². The summed E-state index contributed by atoms with van der Waals surface area (Å²) >= 11 is 0. The lowest BCUT2D eigenvalue weighted by Gasteiger charge is -2.19. The minimum Gasteiger partial charge on any atom is -0.462 e.